The number of hydrogen-bond donors (Lipinski definition) is 2. The summed E-state index contributed by atoms with van der Waals surface area (Å²) < 4.78 is 41.0. The fourth-order valence-electron chi connectivity index (χ4n) is 3.54. The van der Waals surface area contributed by atoms with Crippen molar-refractivity contribution in [1.82, 2.24) is 10.2 Å². The maximum atomic E-state index is 13.2. The molecule has 0 bridgehead atoms. The van der Waals surface area contributed by atoms with Crippen LogP contribution >= 0.6 is 11.3 Å². The zero-order chi connectivity index (χ0) is 21.8. The van der Waals surface area contributed by atoms with Gasteiger partial charge in [-0.15, -0.1) is 11.3 Å². The quantitative estimate of drug-likeness (QED) is 0.578. The predicted octanol–water partition coefficient (Wildman–Crippen LogP) is 4.77. The number of aliphatic imine (C=N–C) groups is 1. The van der Waals surface area contributed by atoms with E-state index in [0.717, 1.165) is 26.4 Å². The van der Waals surface area contributed by atoms with Gasteiger partial charge in [0.2, 0.25) is 11.9 Å². The molecule has 3 aromatic rings. The Morgan fingerprint density at radius 2 is 1.83 bits per heavy atom. The van der Waals surface area contributed by atoms with E-state index in [4.69, 9.17) is 5.11 Å². The van der Waals surface area contributed by atoms with Crippen LogP contribution < -0.4 is 5.32 Å². The summed E-state index contributed by atoms with van der Waals surface area (Å²) in [5, 5.41) is 12.2. The Morgan fingerprint density at radius 3 is 2.47 bits per heavy atom. The van der Waals surface area contributed by atoms with Crippen LogP contribution in [-0.4, -0.2) is 35.0 Å². The lowest BCUT2D eigenvalue weighted by Crippen LogP contribution is -2.51. The lowest BCUT2D eigenvalue weighted by molar-refractivity contribution is -0.137. The number of carbonyl (C=O) groups excluding carboxylic acids is 1. The minimum atomic E-state index is -4.45. The molecule has 0 spiro atoms. The summed E-state index contributed by atoms with van der Waals surface area (Å²) in [5.74, 6) is -0.429. The number of fused-ring (bicyclic) bond motifs is 3. The Kier molecular flexibility index (Phi) is 4.50. The molecule has 2 heterocycles. The number of hydrogen-bond acceptors (Lipinski definition) is 4. The van der Waals surface area contributed by atoms with Gasteiger partial charge >= 0.3 is 12.3 Å². The number of alkyl halides is 3. The van der Waals surface area contributed by atoms with E-state index >= 15 is 0 Å². The molecule has 1 aliphatic rings. The smallest absolute Gasteiger partial charge is 0.416 e. The maximum Gasteiger partial charge on any atom is 0.416 e. The van der Waals surface area contributed by atoms with Gasteiger partial charge in [-0.05, 0) is 42.8 Å². The van der Waals surface area contributed by atoms with Gasteiger partial charge in [0.15, 0.2) is 0 Å². The Hall–Kier alpha value is -3.14. The molecule has 1 aromatic heterocycles. The Morgan fingerprint density at radius 1 is 1.20 bits per heavy atom. The van der Waals surface area contributed by atoms with E-state index in [0.29, 0.717) is 16.3 Å². The molecule has 2 N–H and O–H groups in total. The van der Waals surface area contributed by atoms with Crippen molar-refractivity contribution in [1.29, 1.82) is 0 Å². The number of carboxylic acid groups (broad SMARTS) is 1. The van der Waals surface area contributed by atoms with Crippen molar-refractivity contribution in [3.63, 3.8) is 0 Å². The molecule has 6 nitrogen and oxygen atoms in total. The fraction of sp³-hybridized carbons (Fsp3) is 0.250. The van der Waals surface area contributed by atoms with Gasteiger partial charge in [0.25, 0.3) is 0 Å². The lowest BCUT2D eigenvalue weighted by atomic mass is 9.87. The van der Waals surface area contributed by atoms with Crippen molar-refractivity contribution in [3.05, 3.63) is 47.5 Å². The van der Waals surface area contributed by atoms with Crippen LogP contribution in [0, 0.1) is 0 Å². The maximum absolute atomic E-state index is 13.2. The zero-order valence-electron chi connectivity index (χ0n) is 15.9. The number of nitrogens with one attached hydrogen (secondary N) is 1. The summed E-state index contributed by atoms with van der Waals surface area (Å²) in [6.45, 7) is 1.69. The first-order valence-electron chi connectivity index (χ1n) is 8.88. The van der Waals surface area contributed by atoms with Gasteiger partial charge in [-0.2, -0.15) is 13.2 Å². The van der Waals surface area contributed by atoms with Gasteiger partial charge in [0.05, 0.1) is 17.5 Å². The van der Waals surface area contributed by atoms with E-state index in [-0.39, 0.29) is 18.3 Å². The van der Waals surface area contributed by atoms with Crippen LogP contribution in [0.15, 0.2) is 41.4 Å². The van der Waals surface area contributed by atoms with E-state index in [1.807, 2.05) is 0 Å². The van der Waals surface area contributed by atoms with Gasteiger partial charge in [0, 0.05) is 27.2 Å². The minimum absolute atomic E-state index is 0.00429. The van der Waals surface area contributed by atoms with Crippen molar-refractivity contribution < 1.29 is 27.9 Å². The normalized spacial score (nSPS) is 20.0. The molecule has 2 amide bonds. The summed E-state index contributed by atoms with van der Waals surface area (Å²) in [7, 11) is 1.42. The average Bonchev–Trinajstić information content (AvgIpc) is 3.02. The number of thiophene rings is 1. The van der Waals surface area contributed by atoms with E-state index < -0.39 is 23.4 Å². The monoisotopic (exact) mass is 435 g/mol. The number of halogens is 3. The van der Waals surface area contributed by atoms with Crippen molar-refractivity contribution in [3.8, 4) is 0 Å². The molecular formula is C20H16F3N3O3S. The second-order valence-electron chi connectivity index (χ2n) is 7.29. The predicted molar refractivity (Wildman–Crippen MR) is 108 cm³/mol. The molecule has 30 heavy (non-hydrogen) atoms. The molecule has 2 aromatic carbocycles. The van der Waals surface area contributed by atoms with E-state index in [2.05, 4.69) is 10.3 Å². The van der Waals surface area contributed by atoms with Crippen LogP contribution in [0.3, 0.4) is 0 Å². The van der Waals surface area contributed by atoms with Gasteiger partial charge in [0.1, 0.15) is 0 Å². The summed E-state index contributed by atoms with van der Waals surface area (Å²) in [4.78, 5) is 29.1. The molecule has 0 fully saturated rings. The van der Waals surface area contributed by atoms with E-state index in [1.54, 1.807) is 25.1 Å². The second-order valence-corrected chi connectivity index (χ2v) is 8.37. The van der Waals surface area contributed by atoms with Crippen molar-refractivity contribution in [2.75, 3.05) is 7.05 Å². The lowest BCUT2D eigenvalue weighted by Gasteiger charge is -2.34. The molecule has 1 aliphatic heterocycles. The highest BCUT2D eigenvalue weighted by Crippen LogP contribution is 2.41. The first-order chi connectivity index (χ1) is 14.0. The van der Waals surface area contributed by atoms with Crippen molar-refractivity contribution in [2.45, 2.75) is 25.1 Å². The van der Waals surface area contributed by atoms with Crippen LogP contribution in [0.1, 0.15) is 24.5 Å². The minimum Gasteiger partial charge on any atom is -0.465 e. The fourth-order valence-corrected chi connectivity index (χ4v) is 4.61. The molecular weight excluding hydrogens is 419 g/mol. The number of carbonyl (C=O) groups is 2. The third-order valence-corrected chi connectivity index (χ3v) is 6.33. The number of guanidine groups is 1. The van der Waals surface area contributed by atoms with Crippen LogP contribution in [-0.2, 0) is 16.5 Å². The summed E-state index contributed by atoms with van der Waals surface area (Å²) >= 11 is 1.38. The molecule has 0 saturated heterocycles. The molecule has 156 valence electrons. The topological polar surface area (TPSA) is 82.0 Å². The molecule has 1 unspecified atom stereocenters. The van der Waals surface area contributed by atoms with Crippen LogP contribution in [0.25, 0.3) is 20.2 Å². The highest BCUT2D eigenvalue weighted by Gasteiger charge is 2.38. The van der Waals surface area contributed by atoms with Gasteiger partial charge < -0.3 is 5.11 Å². The van der Waals surface area contributed by atoms with Crippen molar-refractivity contribution in [2.24, 2.45) is 4.99 Å². The van der Waals surface area contributed by atoms with Gasteiger partial charge in [-0.1, -0.05) is 6.07 Å². The largest absolute Gasteiger partial charge is 0.465 e. The number of amides is 2. The first-order valence-corrected chi connectivity index (χ1v) is 9.70. The molecule has 10 heteroatoms. The second kappa shape index (κ2) is 6.69. The number of benzene rings is 2. The summed E-state index contributed by atoms with van der Waals surface area (Å²) in [5.41, 5.74) is -1.18. The van der Waals surface area contributed by atoms with Crippen LogP contribution in [0.2, 0.25) is 0 Å². The van der Waals surface area contributed by atoms with Gasteiger partial charge in [-0.25, -0.2) is 9.79 Å². The van der Waals surface area contributed by atoms with Crippen LogP contribution in [0.4, 0.5) is 18.0 Å². The third kappa shape index (κ3) is 3.36. The first kappa shape index (κ1) is 20.1. The SMILES string of the molecule is CN1C(=O)CC(C)(c2ccc3sc4ccc(C(F)(F)F)cc4c3c2)N=C1NC(=O)O. The highest BCUT2D eigenvalue weighted by molar-refractivity contribution is 7.25. The molecule has 0 saturated carbocycles. The Bertz CT molecular complexity index is 1230. The van der Waals surface area contributed by atoms with E-state index in [1.165, 1.54) is 24.5 Å². The van der Waals surface area contributed by atoms with E-state index in [9.17, 15) is 22.8 Å². The van der Waals surface area contributed by atoms with Crippen molar-refractivity contribution >= 4 is 49.5 Å². The molecule has 0 radical (unpaired) electrons. The van der Waals surface area contributed by atoms with Crippen LogP contribution in [0.5, 0.6) is 0 Å². The summed E-state index contributed by atoms with van der Waals surface area (Å²) in [6, 6.07) is 8.93. The van der Waals surface area contributed by atoms with Gasteiger partial charge in [-0.3, -0.25) is 15.0 Å². The zero-order valence-corrected chi connectivity index (χ0v) is 16.7. The Balaban J connectivity index is 1.88. The molecule has 4 rings (SSSR count). The average molecular weight is 435 g/mol. The third-order valence-electron chi connectivity index (χ3n) is 5.18. The number of nitrogens with zero attached hydrogens (tertiary/aromatic N) is 2. The Labute approximate surface area is 172 Å². The summed E-state index contributed by atoms with van der Waals surface area (Å²) in [6.07, 6.45) is -5.80. The molecule has 0 aliphatic carbocycles. The number of rotatable bonds is 1. The standard InChI is InChI=1S/C20H16F3N3O3S/c1-19(9-16(27)26(2)17(25-19)24-18(28)29)10-3-5-14-12(7-10)13-8-11(20(21,22)23)4-6-15(13)30-14/h3-8H,9H2,1-2H3,(H,24,25)(H,28,29). The highest BCUT2D eigenvalue weighted by atomic mass is 32.1. The molecule has 1 atom stereocenters.